The van der Waals surface area contributed by atoms with Gasteiger partial charge in [0.05, 0.1) is 5.25 Å². The highest BCUT2D eigenvalue weighted by atomic mass is 32.2. The molecule has 2 N–H and O–H groups in total. The number of benzene rings is 1. The summed E-state index contributed by atoms with van der Waals surface area (Å²) in [5, 5.41) is 0.220. The number of hydrogen-bond donors (Lipinski definition) is 1. The highest BCUT2D eigenvalue weighted by Gasteiger charge is 2.19. The molecule has 0 radical (unpaired) electrons. The van der Waals surface area contributed by atoms with Gasteiger partial charge in [0.2, 0.25) is 0 Å². The van der Waals surface area contributed by atoms with Gasteiger partial charge in [-0.15, -0.1) is 0 Å². The van der Waals surface area contributed by atoms with Gasteiger partial charge in [0, 0.05) is 6.04 Å². The highest BCUT2D eigenvalue weighted by molar-refractivity contribution is 8.01. The van der Waals surface area contributed by atoms with E-state index in [9.17, 15) is 0 Å². The van der Waals surface area contributed by atoms with E-state index in [0.717, 1.165) is 10.2 Å². The molecule has 5 heteroatoms. The summed E-state index contributed by atoms with van der Waals surface area (Å²) >= 11 is 3.14. The van der Waals surface area contributed by atoms with Crippen LogP contribution in [-0.4, -0.2) is 15.4 Å². The summed E-state index contributed by atoms with van der Waals surface area (Å²) in [7, 11) is 0. The van der Waals surface area contributed by atoms with Crippen molar-refractivity contribution in [2.24, 2.45) is 5.73 Å². The van der Waals surface area contributed by atoms with Crippen molar-refractivity contribution in [1.29, 1.82) is 0 Å². The fourth-order valence-corrected chi connectivity index (χ4v) is 3.68. The Morgan fingerprint density at radius 1 is 1.33 bits per heavy atom. The van der Waals surface area contributed by atoms with Gasteiger partial charge < -0.3 is 5.73 Å². The summed E-state index contributed by atoms with van der Waals surface area (Å²) in [6.07, 6.45) is 0. The van der Waals surface area contributed by atoms with Crippen LogP contribution in [-0.2, 0) is 0 Å². The molecule has 0 amide bonds. The molecule has 0 spiro atoms. The number of aryl methyl sites for hydroxylation is 2. The topological polar surface area (TPSA) is 51.8 Å². The lowest BCUT2D eigenvalue weighted by atomic mass is 10.0. The maximum absolute atomic E-state index is 6.11. The van der Waals surface area contributed by atoms with Crippen molar-refractivity contribution in [3.63, 3.8) is 0 Å². The Kier molecular flexibility index (Phi) is 4.37. The summed E-state index contributed by atoms with van der Waals surface area (Å²) in [5.41, 5.74) is 8.62. The lowest BCUT2D eigenvalue weighted by Crippen LogP contribution is -2.22. The van der Waals surface area contributed by atoms with E-state index in [-0.39, 0.29) is 11.3 Å². The van der Waals surface area contributed by atoms with Crippen LogP contribution in [0.25, 0.3) is 0 Å². The van der Waals surface area contributed by atoms with Crippen LogP contribution in [0.15, 0.2) is 28.6 Å². The molecule has 1 aromatic heterocycles. The van der Waals surface area contributed by atoms with E-state index < -0.39 is 0 Å². The quantitative estimate of drug-likeness (QED) is 0.872. The molecule has 1 heterocycles. The van der Waals surface area contributed by atoms with Crippen molar-refractivity contribution in [2.45, 2.75) is 36.4 Å². The average molecular weight is 279 g/mol. The van der Waals surface area contributed by atoms with Crippen LogP contribution >= 0.6 is 23.3 Å². The number of nitrogens with zero attached hydrogens (tertiary/aromatic N) is 2. The van der Waals surface area contributed by atoms with Crippen molar-refractivity contribution in [1.82, 2.24) is 9.36 Å². The van der Waals surface area contributed by atoms with Crippen molar-refractivity contribution in [3.8, 4) is 0 Å². The predicted molar refractivity (Wildman–Crippen MR) is 78.1 cm³/mol. The minimum Gasteiger partial charge on any atom is -0.327 e. The number of nitrogens with two attached hydrogens (primary N) is 1. The Hall–Kier alpha value is -0.910. The molecule has 3 nitrogen and oxygen atoms in total. The first-order chi connectivity index (χ1) is 8.56. The molecule has 1 aromatic carbocycles. The van der Waals surface area contributed by atoms with Crippen molar-refractivity contribution in [3.05, 3.63) is 41.2 Å². The summed E-state index contributed by atoms with van der Waals surface area (Å²) in [5.74, 6) is 0.829. The van der Waals surface area contributed by atoms with Crippen molar-refractivity contribution >= 4 is 23.3 Å². The maximum atomic E-state index is 6.11. The average Bonchev–Trinajstić information content (AvgIpc) is 2.71. The smallest absolute Gasteiger partial charge is 0.170 e. The zero-order valence-corrected chi connectivity index (χ0v) is 12.4. The molecule has 96 valence electrons. The molecule has 0 aliphatic rings. The standard InChI is InChI=1S/C13H17N3S2/c1-8-5-4-6-11(7-8)12(9(2)14)17-13-15-10(3)16-18-13/h4-7,9,12H,14H2,1-3H3. The Bertz CT molecular complexity index is 522. The van der Waals surface area contributed by atoms with E-state index in [0.29, 0.717) is 0 Å². The molecule has 0 aliphatic heterocycles. The molecule has 0 fully saturated rings. The largest absolute Gasteiger partial charge is 0.327 e. The number of aromatic nitrogens is 2. The zero-order valence-electron chi connectivity index (χ0n) is 10.8. The second-order valence-corrected chi connectivity index (χ2v) is 6.56. The molecule has 2 atom stereocenters. The van der Waals surface area contributed by atoms with Crippen LogP contribution in [0, 0.1) is 13.8 Å². The van der Waals surface area contributed by atoms with E-state index in [2.05, 4.69) is 40.5 Å². The SMILES string of the molecule is Cc1cccc(C(Sc2nc(C)ns2)C(C)N)c1. The first kappa shape index (κ1) is 13.5. The first-order valence-corrected chi connectivity index (χ1v) is 7.50. The van der Waals surface area contributed by atoms with E-state index in [1.54, 1.807) is 11.8 Å². The van der Waals surface area contributed by atoms with Crippen LogP contribution < -0.4 is 5.73 Å². The Morgan fingerprint density at radius 2 is 2.11 bits per heavy atom. The van der Waals surface area contributed by atoms with Gasteiger partial charge in [0.1, 0.15) is 5.82 Å². The van der Waals surface area contributed by atoms with Crippen molar-refractivity contribution < 1.29 is 0 Å². The highest BCUT2D eigenvalue weighted by Crippen LogP contribution is 2.38. The fraction of sp³-hybridized carbons (Fsp3) is 0.385. The van der Waals surface area contributed by atoms with E-state index >= 15 is 0 Å². The monoisotopic (exact) mass is 279 g/mol. The first-order valence-electron chi connectivity index (χ1n) is 5.85. The van der Waals surface area contributed by atoms with Crippen LogP contribution in [0.4, 0.5) is 0 Å². The Labute approximate surface area is 116 Å². The van der Waals surface area contributed by atoms with Gasteiger partial charge in [0.15, 0.2) is 4.34 Å². The number of rotatable bonds is 4. The number of thioether (sulfide) groups is 1. The van der Waals surface area contributed by atoms with Crippen LogP contribution in [0.5, 0.6) is 0 Å². The summed E-state index contributed by atoms with van der Waals surface area (Å²) in [6.45, 7) is 6.05. The molecule has 2 aromatic rings. The third-order valence-corrected chi connectivity index (χ3v) is 4.95. The van der Waals surface area contributed by atoms with Crippen LogP contribution in [0.3, 0.4) is 0 Å². The summed E-state index contributed by atoms with van der Waals surface area (Å²) < 4.78 is 5.19. The zero-order chi connectivity index (χ0) is 13.1. The Morgan fingerprint density at radius 3 is 2.67 bits per heavy atom. The molecule has 18 heavy (non-hydrogen) atoms. The van der Waals surface area contributed by atoms with Gasteiger partial charge >= 0.3 is 0 Å². The molecule has 2 unspecified atom stereocenters. The van der Waals surface area contributed by atoms with E-state index in [1.165, 1.54) is 22.7 Å². The molecule has 0 bridgehead atoms. The maximum Gasteiger partial charge on any atom is 0.170 e. The van der Waals surface area contributed by atoms with Crippen molar-refractivity contribution in [2.75, 3.05) is 0 Å². The Balaban J connectivity index is 2.23. The third kappa shape index (κ3) is 3.31. The number of hydrogen-bond acceptors (Lipinski definition) is 5. The van der Waals surface area contributed by atoms with Gasteiger partial charge in [0.25, 0.3) is 0 Å². The van der Waals surface area contributed by atoms with Gasteiger partial charge in [-0.25, -0.2) is 4.98 Å². The summed E-state index contributed by atoms with van der Waals surface area (Å²) in [6, 6.07) is 8.56. The predicted octanol–water partition coefficient (Wildman–Crippen LogP) is 3.34. The molecular weight excluding hydrogens is 262 g/mol. The molecular formula is C13H17N3S2. The molecule has 0 saturated carbocycles. The molecule has 0 saturated heterocycles. The second-order valence-electron chi connectivity index (χ2n) is 4.42. The lowest BCUT2D eigenvalue weighted by molar-refractivity contribution is 0.720. The van der Waals surface area contributed by atoms with Gasteiger partial charge in [-0.2, -0.15) is 4.37 Å². The third-order valence-electron chi connectivity index (χ3n) is 2.58. The molecule has 2 rings (SSSR count). The molecule has 0 aliphatic carbocycles. The van der Waals surface area contributed by atoms with Crippen LogP contribution in [0.2, 0.25) is 0 Å². The van der Waals surface area contributed by atoms with E-state index in [4.69, 9.17) is 5.73 Å². The minimum absolute atomic E-state index is 0.0704. The van der Waals surface area contributed by atoms with Gasteiger partial charge in [-0.05, 0) is 37.9 Å². The van der Waals surface area contributed by atoms with Crippen LogP contribution in [0.1, 0.15) is 29.1 Å². The normalized spacial score (nSPS) is 14.4. The lowest BCUT2D eigenvalue weighted by Gasteiger charge is -2.19. The van der Waals surface area contributed by atoms with E-state index in [1.807, 2.05) is 13.8 Å². The fourth-order valence-electron chi connectivity index (χ4n) is 1.76. The van der Waals surface area contributed by atoms with Gasteiger partial charge in [-0.3, -0.25) is 0 Å². The minimum atomic E-state index is 0.0704. The van der Waals surface area contributed by atoms with Gasteiger partial charge in [-0.1, -0.05) is 41.6 Å². The summed E-state index contributed by atoms with van der Waals surface area (Å²) in [4.78, 5) is 4.40. The second kappa shape index (κ2) is 5.82.